The Bertz CT molecular complexity index is 5020. The van der Waals surface area contributed by atoms with E-state index in [1.54, 1.807) is 5.56 Å². The van der Waals surface area contributed by atoms with Gasteiger partial charge in [0, 0.05) is 39.5 Å². The molecule has 0 amide bonds. The molecule has 112 heavy (non-hydrogen) atoms. The maximum absolute atomic E-state index is 2.71. The van der Waals surface area contributed by atoms with Gasteiger partial charge >= 0.3 is 0 Å². The van der Waals surface area contributed by atoms with Gasteiger partial charge in [0.15, 0.2) is 0 Å². The number of anilines is 6. The molecule has 15 rings (SSSR count). The standard InChI is InChI=1S/C110H122N2/c1-9-14-18-22-24-28-72-109(73-29-25-23-19-15-10-2)105-76-90(88-47-65-98(66-48-88)111(96-59-41-84(42-60-96)81(8)13-5)97-61-43-85(44-62-97)86-45-63-99(64-46-86)112(95-57-32-79(6)33-58-95)100-67-49-87-39-40-89(87)75-100)50-69-101(105)102-70-51-91(77-106(102)109)92-52-71-104-103-68-34-80(7)74-107(103)110(108(104)78-92,93-53-35-82(36-54-93)30-26-20-16-11-3)94-55-37-83(38-56-94)31-27-21-17-12-4/h32-38,41-71,74-78,81H,9-31,39-40,72-73H2,1-8H3. The maximum Gasteiger partial charge on any atom is 0.0713 e. The Hall–Kier alpha value is -9.76. The summed E-state index contributed by atoms with van der Waals surface area (Å²) in [5.41, 5.74) is 37.9. The zero-order chi connectivity index (χ0) is 77.0. The van der Waals surface area contributed by atoms with Crippen LogP contribution in [0.5, 0.6) is 0 Å². The Balaban J connectivity index is 0.788. The largest absolute Gasteiger partial charge is 0.311 e. The molecule has 0 N–H and O–H groups in total. The van der Waals surface area contributed by atoms with Gasteiger partial charge in [-0.3, -0.25) is 0 Å². The van der Waals surface area contributed by atoms with Crippen LogP contribution in [0.3, 0.4) is 0 Å². The lowest BCUT2D eigenvalue weighted by Crippen LogP contribution is -2.29. The van der Waals surface area contributed by atoms with E-state index in [9.17, 15) is 0 Å². The summed E-state index contributed by atoms with van der Waals surface area (Å²) in [6.07, 6.45) is 33.6. The van der Waals surface area contributed by atoms with Crippen LogP contribution in [0.4, 0.5) is 34.1 Å². The first-order chi connectivity index (χ1) is 55.0. The van der Waals surface area contributed by atoms with Gasteiger partial charge in [0.05, 0.1) is 5.41 Å². The number of rotatable bonds is 37. The fraction of sp³-hybridized carbons (Fsp3) is 0.345. The van der Waals surface area contributed by atoms with E-state index in [0.29, 0.717) is 5.92 Å². The van der Waals surface area contributed by atoms with E-state index in [1.807, 2.05) is 0 Å². The van der Waals surface area contributed by atoms with Crippen molar-refractivity contribution in [1.29, 1.82) is 0 Å². The zero-order valence-electron chi connectivity index (χ0n) is 68.9. The van der Waals surface area contributed by atoms with Crippen LogP contribution in [0, 0.1) is 13.8 Å². The molecular formula is C110H122N2. The number of fused-ring (bicyclic) bond motifs is 7. The lowest BCUT2D eigenvalue weighted by Gasteiger charge is -2.35. The fourth-order valence-corrected chi connectivity index (χ4v) is 19.2. The molecule has 1 atom stereocenters. The molecule has 3 aliphatic carbocycles. The average molecular weight is 1470 g/mol. The summed E-state index contributed by atoms with van der Waals surface area (Å²) in [6, 6.07) is 103. The summed E-state index contributed by atoms with van der Waals surface area (Å²) in [5, 5.41) is 0. The predicted octanol–water partition coefficient (Wildman–Crippen LogP) is 32.2. The van der Waals surface area contributed by atoms with Crippen molar-refractivity contribution in [1.82, 2.24) is 0 Å². The van der Waals surface area contributed by atoms with Gasteiger partial charge in [-0.15, -0.1) is 0 Å². The fourth-order valence-electron chi connectivity index (χ4n) is 19.2. The number of nitrogens with zero attached hydrogens (tertiary/aromatic N) is 2. The second-order valence-electron chi connectivity index (χ2n) is 33.7. The minimum absolute atomic E-state index is 0.131. The van der Waals surface area contributed by atoms with Crippen molar-refractivity contribution >= 4 is 34.1 Å². The van der Waals surface area contributed by atoms with E-state index in [-0.39, 0.29) is 5.41 Å². The molecular weight excluding hydrogens is 1350 g/mol. The molecule has 2 nitrogen and oxygen atoms in total. The summed E-state index contributed by atoms with van der Waals surface area (Å²) >= 11 is 0. The molecule has 0 radical (unpaired) electrons. The molecule has 0 fully saturated rings. The number of hydrogen-bond acceptors (Lipinski definition) is 2. The van der Waals surface area contributed by atoms with Gasteiger partial charge in [-0.25, -0.2) is 0 Å². The van der Waals surface area contributed by atoms with Crippen molar-refractivity contribution < 1.29 is 0 Å². The third-order valence-corrected chi connectivity index (χ3v) is 26.1. The van der Waals surface area contributed by atoms with Gasteiger partial charge in [0.1, 0.15) is 0 Å². The van der Waals surface area contributed by atoms with Crippen LogP contribution in [0.25, 0.3) is 55.6 Å². The molecule has 1 unspecified atom stereocenters. The van der Waals surface area contributed by atoms with E-state index in [0.717, 1.165) is 61.3 Å². The summed E-state index contributed by atoms with van der Waals surface area (Å²) < 4.78 is 0. The SMILES string of the molecule is CCCCCCCCC1(CCCCCCCC)c2cc(-c3ccc(N(c4ccc(-c5ccc(N(c6ccc(C)cc6)c6ccc7c(c6)CC7)cc5)cc4)c4ccc(C(C)CC)cc4)cc3)ccc2-c2ccc(-c3ccc4c(c3)C(c3ccc(CCCCCC)cc3)(c3ccc(CCCCCC)cc3)c3cc(C)ccc3-4)cc21. The van der Waals surface area contributed by atoms with Gasteiger partial charge in [-0.2, -0.15) is 0 Å². The van der Waals surface area contributed by atoms with Crippen molar-refractivity contribution in [2.45, 2.75) is 245 Å². The average Bonchev–Trinajstić information content (AvgIpc) is 1.54. The van der Waals surface area contributed by atoms with Crippen LogP contribution in [-0.4, -0.2) is 0 Å². The van der Waals surface area contributed by atoms with Crippen molar-refractivity contribution in [3.63, 3.8) is 0 Å². The topological polar surface area (TPSA) is 6.48 Å². The Morgan fingerprint density at radius 3 is 1.06 bits per heavy atom. The van der Waals surface area contributed by atoms with Crippen LogP contribution in [-0.2, 0) is 36.5 Å². The van der Waals surface area contributed by atoms with E-state index < -0.39 is 5.41 Å². The van der Waals surface area contributed by atoms with Crippen molar-refractivity contribution in [2.75, 3.05) is 9.80 Å². The molecule has 12 aromatic rings. The predicted molar refractivity (Wildman–Crippen MR) is 483 cm³/mol. The summed E-state index contributed by atoms with van der Waals surface area (Å²) in [6.45, 7) is 18.4. The van der Waals surface area contributed by atoms with Crippen LogP contribution >= 0.6 is 0 Å². The van der Waals surface area contributed by atoms with Crippen molar-refractivity contribution in [2.24, 2.45) is 0 Å². The number of hydrogen-bond donors (Lipinski definition) is 0. The van der Waals surface area contributed by atoms with Gasteiger partial charge < -0.3 is 9.80 Å². The number of unbranched alkanes of at least 4 members (excludes halogenated alkanes) is 16. The normalized spacial score (nSPS) is 13.6. The van der Waals surface area contributed by atoms with Gasteiger partial charge in [0.25, 0.3) is 0 Å². The maximum atomic E-state index is 2.71. The van der Waals surface area contributed by atoms with E-state index in [1.165, 1.54) is 269 Å². The summed E-state index contributed by atoms with van der Waals surface area (Å²) in [7, 11) is 0. The highest BCUT2D eigenvalue weighted by molar-refractivity contribution is 5.91. The second-order valence-corrected chi connectivity index (χ2v) is 33.7. The quantitative estimate of drug-likeness (QED) is 0.0358. The summed E-state index contributed by atoms with van der Waals surface area (Å²) in [5.74, 6) is 0.490. The second kappa shape index (κ2) is 35.9. The first kappa shape index (κ1) is 77.6. The third-order valence-electron chi connectivity index (χ3n) is 26.1. The highest BCUT2D eigenvalue weighted by atomic mass is 15.1. The van der Waals surface area contributed by atoms with Gasteiger partial charge in [0.2, 0.25) is 0 Å². The van der Waals surface area contributed by atoms with Gasteiger partial charge in [-0.1, -0.05) is 338 Å². The highest BCUT2D eigenvalue weighted by Crippen LogP contribution is 2.60. The Morgan fingerprint density at radius 1 is 0.286 bits per heavy atom. The van der Waals surface area contributed by atoms with Crippen LogP contribution < -0.4 is 9.80 Å². The van der Waals surface area contributed by atoms with E-state index in [2.05, 4.69) is 326 Å². The monoisotopic (exact) mass is 1470 g/mol. The molecule has 572 valence electrons. The minimum atomic E-state index is -0.498. The third kappa shape index (κ3) is 16.3. The van der Waals surface area contributed by atoms with E-state index >= 15 is 0 Å². The minimum Gasteiger partial charge on any atom is -0.311 e. The van der Waals surface area contributed by atoms with E-state index in [4.69, 9.17) is 0 Å². The molecule has 0 spiro atoms. The Kier molecular flexibility index (Phi) is 24.9. The van der Waals surface area contributed by atoms with Crippen LogP contribution in [0.2, 0.25) is 0 Å². The van der Waals surface area contributed by atoms with Crippen molar-refractivity contribution in [3.8, 4) is 55.6 Å². The lowest BCUT2D eigenvalue weighted by molar-refractivity contribution is 0.398. The first-order valence-corrected chi connectivity index (χ1v) is 44.0. The Morgan fingerprint density at radius 2 is 0.625 bits per heavy atom. The smallest absolute Gasteiger partial charge is 0.0713 e. The molecule has 0 aliphatic heterocycles. The molecule has 2 heteroatoms. The summed E-state index contributed by atoms with van der Waals surface area (Å²) in [4.78, 5) is 4.86. The highest BCUT2D eigenvalue weighted by Gasteiger charge is 2.47. The first-order valence-electron chi connectivity index (χ1n) is 44.0. The van der Waals surface area contributed by atoms with Crippen molar-refractivity contribution in [3.05, 3.63) is 333 Å². The van der Waals surface area contributed by atoms with Crippen LogP contribution in [0.15, 0.2) is 261 Å². The molecule has 0 heterocycles. The van der Waals surface area contributed by atoms with Gasteiger partial charge in [-0.05, 0) is 285 Å². The molecule has 12 aromatic carbocycles. The number of aryl methyl sites for hydroxylation is 6. The Labute approximate surface area is 673 Å². The number of benzene rings is 12. The molecule has 0 saturated carbocycles. The lowest BCUT2D eigenvalue weighted by atomic mass is 9.67. The molecule has 0 saturated heterocycles. The molecule has 0 bridgehead atoms. The van der Waals surface area contributed by atoms with Crippen LogP contribution in [0.1, 0.15) is 267 Å². The molecule has 3 aliphatic rings. The zero-order valence-corrected chi connectivity index (χ0v) is 68.9. The molecule has 0 aromatic heterocycles.